The molecular formula is C18H18O2. The number of benzene rings is 2. The SMILES string of the molecule is Cc1ccc(C)c2c1C1c3ccccc3C2C(O)C1O. The van der Waals surface area contributed by atoms with E-state index in [1.165, 1.54) is 33.4 Å². The molecule has 0 radical (unpaired) electrons. The standard InChI is InChI=1S/C18H18O2/c1-9-7-8-10(2)14-13(9)15-11-5-3-4-6-12(11)16(14)18(20)17(15)19/h3-8,15-20H,1-2H3. The maximum Gasteiger partial charge on any atom is 0.0917 e. The van der Waals surface area contributed by atoms with Gasteiger partial charge in [0.1, 0.15) is 0 Å². The van der Waals surface area contributed by atoms with Gasteiger partial charge in [-0.2, -0.15) is 0 Å². The van der Waals surface area contributed by atoms with Crippen LogP contribution in [-0.2, 0) is 0 Å². The first kappa shape index (κ1) is 12.1. The highest BCUT2D eigenvalue weighted by atomic mass is 16.3. The predicted octanol–water partition coefficient (Wildman–Crippen LogP) is 2.62. The molecule has 0 saturated heterocycles. The van der Waals surface area contributed by atoms with E-state index >= 15 is 0 Å². The molecule has 2 N–H and O–H groups in total. The third-order valence-corrected chi connectivity index (χ3v) is 5.04. The van der Waals surface area contributed by atoms with Crippen LogP contribution in [0.1, 0.15) is 45.2 Å². The molecule has 4 atom stereocenters. The van der Waals surface area contributed by atoms with E-state index in [1.54, 1.807) is 0 Å². The van der Waals surface area contributed by atoms with Crippen molar-refractivity contribution in [3.63, 3.8) is 0 Å². The van der Waals surface area contributed by atoms with E-state index in [0.29, 0.717) is 0 Å². The largest absolute Gasteiger partial charge is 0.389 e. The van der Waals surface area contributed by atoms with Crippen LogP contribution in [0.4, 0.5) is 0 Å². The number of hydrogen-bond donors (Lipinski definition) is 2. The second-order valence-electron chi connectivity index (χ2n) is 6.09. The molecule has 3 aliphatic rings. The summed E-state index contributed by atoms with van der Waals surface area (Å²) in [6, 6.07) is 12.5. The average Bonchev–Trinajstić information content (AvgIpc) is 2.46. The molecule has 4 unspecified atom stereocenters. The first-order valence-electron chi connectivity index (χ1n) is 7.16. The zero-order chi connectivity index (χ0) is 14.0. The van der Waals surface area contributed by atoms with Gasteiger partial charge in [0.15, 0.2) is 0 Å². The molecule has 0 aliphatic heterocycles. The highest BCUT2D eigenvalue weighted by molar-refractivity contribution is 5.61. The number of fused-ring (bicyclic) bond motifs is 1. The van der Waals surface area contributed by atoms with Crippen molar-refractivity contribution in [2.45, 2.75) is 37.9 Å². The lowest BCUT2D eigenvalue weighted by Gasteiger charge is -2.48. The second-order valence-corrected chi connectivity index (χ2v) is 6.09. The van der Waals surface area contributed by atoms with Gasteiger partial charge in [0.25, 0.3) is 0 Å². The van der Waals surface area contributed by atoms with Gasteiger partial charge in [-0.05, 0) is 47.2 Å². The number of aryl methyl sites for hydroxylation is 2. The quantitative estimate of drug-likeness (QED) is 0.769. The molecule has 0 aromatic heterocycles. The fourth-order valence-corrected chi connectivity index (χ4v) is 4.17. The van der Waals surface area contributed by atoms with Gasteiger partial charge in [-0.25, -0.2) is 0 Å². The van der Waals surface area contributed by atoms with E-state index in [0.717, 1.165) is 0 Å². The Balaban J connectivity index is 2.11. The molecule has 2 heteroatoms. The van der Waals surface area contributed by atoms with Crippen LogP contribution < -0.4 is 0 Å². The summed E-state index contributed by atoms with van der Waals surface area (Å²) in [6.07, 6.45) is -1.41. The van der Waals surface area contributed by atoms with E-state index in [9.17, 15) is 10.2 Å². The van der Waals surface area contributed by atoms with Crippen LogP contribution in [0.5, 0.6) is 0 Å². The van der Waals surface area contributed by atoms with E-state index in [2.05, 4.69) is 38.1 Å². The molecule has 102 valence electrons. The molecule has 5 rings (SSSR count). The average molecular weight is 266 g/mol. The van der Waals surface area contributed by atoms with E-state index in [-0.39, 0.29) is 11.8 Å². The summed E-state index contributed by atoms with van der Waals surface area (Å²) in [5.41, 5.74) is 7.23. The minimum absolute atomic E-state index is 0.0962. The molecule has 2 aromatic rings. The van der Waals surface area contributed by atoms with Crippen LogP contribution in [0.15, 0.2) is 36.4 Å². The Morgan fingerprint density at radius 3 is 1.50 bits per heavy atom. The molecule has 0 spiro atoms. The Kier molecular flexibility index (Phi) is 2.39. The normalized spacial score (nSPS) is 30.0. The van der Waals surface area contributed by atoms with Gasteiger partial charge in [-0.3, -0.25) is 0 Å². The van der Waals surface area contributed by atoms with Gasteiger partial charge in [0, 0.05) is 11.8 Å². The third-order valence-electron chi connectivity index (χ3n) is 5.04. The summed E-state index contributed by atoms with van der Waals surface area (Å²) >= 11 is 0. The van der Waals surface area contributed by atoms with Crippen LogP contribution in [0, 0.1) is 13.8 Å². The van der Waals surface area contributed by atoms with E-state index in [1.807, 2.05) is 12.1 Å². The zero-order valence-electron chi connectivity index (χ0n) is 11.7. The minimum atomic E-state index is -0.706. The number of rotatable bonds is 0. The Hall–Kier alpha value is -1.64. The Morgan fingerprint density at radius 1 is 0.700 bits per heavy atom. The summed E-state index contributed by atoms with van der Waals surface area (Å²) in [6.45, 7) is 4.20. The lowest BCUT2D eigenvalue weighted by Crippen LogP contribution is -2.47. The van der Waals surface area contributed by atoms with Crippen molar-refractivity contribution in [3.05, 3.63) is 69.8 Å². The lowest BCUT2D eigenvalue weighted by atomic mass is 9.59. The molecule has 0 amide bonds. The minimum Gasteiger partial charge on any atom is -0.389 e. The Labute approximate surface area is 118 Å². The molecule has 2 aromatic carbocycles. The first-order valence-corrected chi connectivity index (χ1v) is 7.16. The molecular weight excluding hydrogens is 248 g/mol. The van der Waals surface area contributed by atoms with Gasteiger partial charge in [-0.1, -0.05) is 36.4 Å². The van der Waals surface area contributed by atoms with Crippen molar-refractivity contribution in [2.75, 3.05) is 0 Å². The van der Waals surface area contributed by atoms with Crippen molar-refractivity contribution >= 4 is 0 Å². The molecule has 2 nitrogen and oxygen atoms in total. The van der Waals surface area contributed by atoms with Crippen molar-refractivity contribution in [1.82, 2.24) is 0 Å². The summed E-state index contributed by atoms with van der Waals surface area (Å²) in [4.78, 5) is 0. The second kappa shape index (κ2) is 3.94. The summed E-state index contributed by atoms with van der Waals surface area (Å²) in [5, 5.41) is 21.1. The lowest BCUT2D eigenvalue weighted by molar-refractivity contribution is -0.0157. The van der Waals surface area contributed by atoms with Crippen LogP contribution in [0.25, 0.3) is 0 Å². The van der Waals surface area contributed by atoms with Crippen molar-refractivity contribution in [1.29, 1.82) is 0 Å². The zero-order valence-corrected chi connectivity index (χ0v) is 11.7. The molecule has 0 heterocycles. The van der Waals surface area contributed by atoms with Crippen LogP contribution in [0.2, 0.25) is 0 Å². The van der Waals surface area contributed by atoms with Gasteiger partial charge < -0.3 is 10.2 Å². The maximum atomic E-state index is 10.5. The third kappa shape index (κ3) is 1.31. The van der Waals surface area contributed by atoms with E-state index < -0.39 is 12.2 Å². The topological polar surface area (TPSA) is 40.5 Å². The Morgan fingerprint density at radius 2 is 1.10 bits per heavy atom. The smallest absolute Gasteiger partial charge is 0.0917 e. The van der Waals surface area contributed by atoms with Gasteiger partial charge in [0.2, 0.25) is 0 Å². The van der Waals surface area contributed by atoms with Crippen molar-refractivity contribution in [2.24, 2.45) is 0 Å². The van der Waals surface area contributed by atoms with Crippen molar-refractivity contribution in [3.8, 4) is 0 Å². The molecule has 3 aliphatic carbocycles. The highest BCUT2D eigenvalue weighted by Gasteiger charge is 2.49. The van der Waals surface area contributed by atoms with Crippen LogP contribution >= 0.6 is 0 Å². The van der Waals surface area contributed by atoms with Gasteiger partial charge >= 0.3 is 0 Å². The number of aliphatic hydroxyl groups is 2. The van der Waals surface area contributed by atoms with Crippen molar-refractivity contribution < 1.29 is 10.2 Å². The summed E-state index contributed by atoms with van der Waals surface area (Å²) in [7, 11) is 0. The number of hydrogen-bond acceptors (Lipinski definition) is 2. The van der Waals surface area contributed by atoms with Gasteiger partial charge in [0.05, 0.1) is 12.2 Å². The fraction of sp³-hybridized carbons (Fsp3) is 0.333. The van der Waals surface area contributed by atoms with E-state index in [4.69, 9.17) is 0 Å². The molecule has 0 saturated carbocycles. The summed E-state index contributed by atoms with van der Waals surface area (Å²) < 4.78 is 0. The Bertz CT molecular complexity index is 645. The van der Waals surface area contributed by atoms with Crippen LogP contribution in [-0.4, -0.2) is 22.4 Å². The van der Waals surface area contributed by atoms with Crippen LogP contribution in [0.3, 0.4) is 0 Å². The monoisotopic (exact) mass is 266 g/mol. The predicted molar refractivity (Wildman–Crippen MR) is 78.1 cm³/mol. The maximum absolute atomic E-state index is 10.5. The first-order chi connectivity index (χ1) is 9.61. The molecule has 0 fully saturated rings. The fourth-order valence-electron chi connectivity index (χ4n) is 4.17. The molecule has 2 bridgehead atoms. The summed E-state index contributed by atoms with van der Waals surface area (Å²) in [5.74, 6) is -0.192. The highest BCUT2D eigenvalue weighted by Crippen LogP contribution is 2.54. The number of aliphatic hydroxyl groups excluding tert-OH is 2. The van der Waals surface area contributed by atoms with Gasteiger partial charge in [-0.15, -0.1) is 0 Å². The molecule has 20 heavy (non-hydrogen) atoms.